The van der Waals surface area contributed by atoms with Gasteiger partial charge in [0.05, 0.1) is 5.69 Å². The number of aryl methyl sites for hydroxylation is 1. The van der Waals surface area contributed by atoms with E-state index >= 15 is 0 Å². The quantitative estimate of drug-likeness (QED) is 0.265. The number of carboxylic acids is 1. The standard InChI is InChI=1S/C23H20FN5O5S.C2H4O2/c1-11-6-8-12(9-7-11)18(17-20(32)27-22(34)28-21(17)33)26-23-29-19(31)15(35-23)10-16(30)25-14-5-3-2-4-13(14)24;1-2(3)4/h2-9,15,18H,10H2,1H3,(H,25,30)(H,26,29,31)(H3,27,28,32,33,34);1H3,(H,3,4). The van der Waals surface area contributed by atoms with Crippen molar-refractivity contribution in [2.75, 3.05) is 5.32 Å². The maximum absolute atomic E-state index is 13.8. The molecule has 39 heavy (non-hydrogen) atoms. The number of hydrogen-bond acceptors (Lipinski definition) is 8. The molecule has 2 atom stereocenters. The van der Waals surface area contributed by atoms with Crippen LogP contribution in [0.5, 0.6) is 5.88 Å². The van der Waals surface area contributed by atoms with Gasteiger partial charge in [-0.25, -0.2) is 14.2 Å². The molecule has 2 heterocycles. The molecule has 0 aliphatic carbocycles. The molecule has 204 valence electrons. The Balaban J connectivity index is 0.000000983. The molecule has 1 aromatic heterocycles. The van der Waals surface area contributed by atoms with Crippen molar-refractivity contribution in [2.45, 2.75) is 31.6 Å². The molecule has 1 saturated heterocycles. The molecular weight excluding hydrogens is 533 g/mol. The molecule has 0 saturated carbocycles. The molecule has 0 spiro atoms. The molecule has 2 amide bonds. The fourth-order valence-corrected chi connectivity index (χ4v) is 4.44. The molecule has 4 rings (SSSR count). The zero-order valence-corrected chi connectivity index (χ0v) is 21.5. The zero-order valence-electron chi connectivity index (χ0n) is 20.6. The first-order valence-electron chi connectivity index (χ1n) is 11.4. The maximum atomic E-state index is 13.8. The Kier molecular flexibility index (Phi) is 9.38. The molecule has 1 aliphatic heterocycles. The number of halogens is 1. The molecule has 0 bridgehead atoms. The Bertz CT molecular complexity index is 1530. The van der Waals surface area contributed by atoms with Crippen molar-refractivity contribution in [3.63, 3.8) is 0 Å². The summed E-state index contributed by atoms with van der Waals surface area (Å²) in [6, 6.07) is 11.6. The lowest BCUT2D eigenvalue weighted by molar-refractivity contribution is -0.134. The van der Waals surface area contributed by atoms with Crippen molar-refractivity contribution in [1.29, 1.82) is 0 Å². The minimum Gasteiger partial charge on any atom is -0.494 e. The normalized spacial score (nSPS) is 16.1. The summed E-state index contributed by atoms with van der Waals surface area (Å²) in [7, 11) is 0. The number of carbonyl (C=O) groups excluding carboxylic acids is 2. The number of carboxylic acid groups (broad SMARTS) is 1. The number of rotatable bonds is 6. The van der Waals surface area contributed by atoms with Gasteiger partial charge in [0.1, 0.15) is 22.7 Å². The van der Waals surface area contributed by atoms with Crippen molar-refractivity contribution in [3.8, 4) is 5.88 Å². The van der Waals surface area contributed by atoms with Crippen molar-refractivity contribution >= 4 is 40.4 Å². The third-order valence-corrected chi connectivity index (χ3v) is 6.26. The minimum absolute atomic E-state index is 0.00185. The lowest BCUT2D eigenvalue weighted by Crippen LogP contribution is -2.29. The largest absolute Gasteiger partial charge is 0.494 e. The van der Waals surface area contributed by atoms with E-state index in [0.717, 1.165) is 24.2 Å². The van der Waals surface area contributed by atoms with E-state index in [0.29, 0.717) is 5.56 Å². The van der Waals surface area contributed by atoms with Gasteiger partial charge in [0.15, 0.2) is 5.17 Å². The fourth-order valence-electron chi connectivity index (χ4n) is 3.44. The van der Waals surface area contributed by atoms with Crippen LogP contribution in [-0.4, -0.2) is 48.4 Å². The maximum Gasteiger partial charge on any atom is 0.328 e. The number of nitrogens with zero attached hydrogens (tertiary/aromatic N) is 1. The Hall–Kier alpha value is -4.72. The number of aliphatic imine (C=N–C) groups is 1. The van der Waals surface area contributed by atoms with E-state index in [9.17, 15) is 28.7 Å². The fraction of sp³-hybridized carbons (Fsp3) is 0.200. The van der Waals surface area contributed by atoms with Crippen molar-refractivity contribution in [2.24, 2.45) is 4.99 Å². The molecule has 14 heteroatoms. The first kappa shape index (κ1) is 28.8. The van der Waals surface area contributed by atoms with E-state index < -0.39 is 52.0 Å². The summed E-state index contributed by atoms with van der Waals surface area (Å²) in [6.45, 7) is 2.96. The summed E-state index contributed by atoms with van der Waals surface area (Å²) in [5.41, 5.74) is -0.457. The van der Waals surface area contributed by atoms with Crippen molar-refractivity contribution in [3.05, 3.63) is 91.9 Å². The van der Waals surface area contributed by atoms with Gasteiger partial charge >= 0.3 is 5.69 Å². The lowest BCUT2D eigenvalue weighted by atomic mass is 10.00. The van der Waals surface area contributed by atoms with Crippen molar-refractivity contribution < 1.29 is 29.0 Å². The van der Waals surface area contributed by atoms with Gasteiger partial charge in [-0.3, -0.25) is 29.1 Å². The Morgan fingerprint density at radius 3 is 2.36 bits per heavy atom. The summed E-state index contributed by atoms with van der Waals surface area (Å²) in [4.78, 5) is 66.5. The Labute approximate surface area is 224 Å². The third kappa shape index (κ3) is 7.88. The first-order valence-corrected chi connectivity index (χ1v) is 12.2. The van der Waals surface area contributed by atoms with Crippen LogP contribution in [0.2, 0.25) is 0 Å². The van der Waals surface area contributed by atoms with E-state index in [1.165, 1.54) is 18.2 Å². The average molecular weight is 558 g/mol. The number of para-hydroxylation sites is 1. The van der Waals surface area contributed by atoms with Gasteiger partial charge in [-0.1, -0.05) is 53.7 Å². The molecule has 1 fully saturated rings. The average Bonchev–Trinajstić information content (AvgIpc) is 3.18. The van der Waals surface area contributed by atoms with Crippen LogP contribution in [0.3, 0.4) is 0 Å². The molecule has 1 aliphatic rings. The van der Waals surface area contributed by atoms with Crippen LogP contribution in [-0.2, 0) is 14.4 Å². The molecule has 3 aromatic rings. The number of carbonyl (C=O) groups is 3. The van der Waals surface area contributed by atoms with Crippen LogP contribution in [0, 0.1) is 12.7 Å². The molecule has 2 aromatic carbocycles. The summed E-state index contributed by atoms with van der Waals surface area (Å²) in [6.07, 6.45) is -0.246. The monoisotopic (exact) mass is 557 g/mol. The van der Waals surface area contributed by atoms with E-state index in [4.69, 9.17) is 9.90 Å². The minimum atomic E-state index is -1.06. The van der Waals surface area contributed by atoms with Gasteiger partial charge in [0.2, 0.25) is 17.7 Å². The number of hydrogen-bond donors (Lipinski definition) is 6. The molecule has 12 nitrogen and oxygen atoms in total. The smallest absolute Gasteiger partial charge is 0.328 e. The first-order chi connectivity index (χ1) is 18.4. The number of anilines is 1. The Morgan fingerprint density at radius 1 is 1.10 bits per heavy atom. The van der Waals surface area contributed by atoms with Gasteiger partial charge < -0.3 is 20.8 Å². The number of aromatic nitrogens is 2. The van der Waals surface area contributed by atoms with Crippen molar-refractivity contribution in [1.82, 2.24) is 15.3 Å². The number of aromatic hydroxyl groups is 1. The van der Waals surface area contributed by atoms with E-state index in [2.05, 4.69) is 25.6 Å². The topological polar surface area (TPSA) is 194 Å². The van der Waals surface area contributed by atoms with Crippen LogP contribution in [0.1, 0.15) is 36.1 Å². The lowest BCUT2D eigenvalue weighted by Gasteiger charge is -2.14. The highest BCUT2D eigenvalue weighted by Crippen LogP contribution is 2.32. The number of aromatic amines is 2. The van der Waals surface area contributed by atoms with Crippen LogP contribution < -0.4 is 21.9 Å². The number of thioether (sulfide) groups is 1. The number of benzene rings is 2. The number of nitrogens with one attached hydrogen (secondary N) is 4. The van der Waals surface area contributed by atoms with Crippen LogP contribution >= 0.6 is 11.8 Å². The number of aliphatic carboxylic acids is 1. The van der Waals surface area contributed by atoms with Gasteiger partial charge in [0.25, 0.3) is 11.5 Å². The molecular formula is C25H24FN5O7S. The second-order valence-corrected chi connectivity index (χ2v) is 9.46. The second kappa shape index (κ2) is 12.7. The third-order valence-electron chi connectivity index (χ3n) is 5.17. The van der Waals surface area contributed by atoms with Crippen LogP contribution in [0.4, 0.5) is 10.1 Å². The summed E-state index contributed by atoms with van der Waals surface area (Å²) < 4.78 is 13.8. The SMILES string of the molecule is CC(=O)O.Cc1ccc(C(N=C2NC(=O)C(CC(=O)Nc3ccccc3F)S2)c2c(O)[nH]c(=O)[nH]c2=O)cc1. The van der Waals surface area contributed by atoms with E-state index in [1.807, 2.05) is 6.92 Å². The van der Waals surface area contributed by atoms with Gasteiger partial charge in [-0.05, 0) is 24.6 Å². The summed E-state index contributed by atoms with van der Waals surface area (Å²) in [5.74, 6) is -3.13. The summed E-state index contributed by atoms with van der Waals surface area (Å²) in [5, 5.41) is 22.0. The van der Waals surface area contributed by atoms with E-state index in [-0.39, 0.29) is 22.8 Å². The predicted octanol–water partition coefficient (Wildman–Crippen LogP) is 2.01. The van der Waals surface area contributed by atoms with Crippen LogP contribution in [0.25, 0.3) is 0 Å². The highest BCUT2D eigenvalue weighted by atomic mass is 32.2. The van der Waals surface area contributed by atoms with Gasteiger partial charge in [-0.2, -0.15) is 0 Å². The highest BCUT2D eigenvalue weighted by molar-refractivity contribution is 8.15. The zero-order chi connectivity index (χ0) is 28.7. The molecule has 0 radical (unpaired) electrons. The summed E-state index contributed by atoms with van der Waals surface area (Å²) >= 11 is 0.966. The number of amides is 2. The highest BCUT2D eigenvalue weighted by Gasteiger charge is 2.34. The van der Waals surface area contributed by atoms with Crippen LogP contribution in [0.15, 0.2) is 63.1 Å². The number of amidine groups is 1. The second-order valence-electron chi connectivity index (χ2n) is 8.26. The van der Waals surface area contributed by atoms with Gasteiger partial charge in [0, 0.05) is 13.3 Å². The predicted molar refractivity (Wildman–Crippen MR) is 142 cm³/mol. The van der Waals surface area contributed by atoms with Gasteiger partial charge in [-0.15, -0.1) is 0 Å². The molecule has 2 unspecified atom stereocenters. The van der Waals surface area contributed by atoms with E-state index in [1.54, 1.807) is 30.3 Å². The number of H-pyrrole nitrogens is 2. The molecule has 6 N–H and O–H groups in total. The Morgan fingerprint density at radius 2 is 1.74 bits per heavy atom.